The second-order valence-corrected chi connectivity index (χ2v) is 4.49. The summed E-state index contributed by atoms with van der Waals surface area (Å²) in [6.07, 6.45) is 3.19. The second kappa shape index (κ2) is 4.24. The SMILES string of the molecule is CSc1ccc(O)c([C@H]2CCNC2)c1. The van der Waals surface area contributed by atoms with Gasteiger partial charge in [0.15, 0.2) is 0 Å². The van der Waals surface area contributed by atoms with Crippen molar-refractivity contribution in [3.63, 3.8) is 0 Å². The molecule has 1 aromatic rings. The molecule has 1 saturated heterocycles. The summed E-state index contributed by atoms with van der Waals surface area (Å²) in [4.78, 5) is 1.23. The molecule has 1 heterocycles. The fourth-order valence-electron chi connectivity index (χ4n) is 1.91. The van der Waals surface area contributed by atoms with Crippen LogP contribution in [0.4, 0.5) is 0 Å². The molecule has 2 rings (SSSR count). The molecule has 0 unspecified atom stereocenters. The molecule has 0 bridgehead atoms. The van der Waals surface area contributed by atoms with Gasteiger partial charge < -0.3 is 10.4 Å². The van der Waals surface area contributed by atoms with E-state index in [1.54, 1.807) is 17.8 Å². The summed E-state index contributed by atoms with van der Waals surface area (Å²) < 4.78 is 0. The summed E-state index contributed by atoms with van der Waals surface area (Å²) in [5, 5.41) is 13.1. The molecule has 76 valence electrons. The van der Waals surface area contributed by atoms with Gasteiger partial charge in [0.05, 0.1) is 0 Å². The highest BCUT2D eigenvalue weighted by atomic mass is 32.2. The first-order valence-electron chi connectivity index (χ1n) is 4.89. The summed E-state index contributed by atoms with van der Waals surface area (Å²) in [6, 6.07) is 5.88. The maximum Gasteiger partial charge on any atom is 0.119 e. The van der Waals surface area contributed by atoms with Gasteiger partial charge in [0.2, 0.25) is 0 Å². The minimum Gasteiger partial charge on any atom is -0.508 e. The first-order chi connectivity index (χ1) is 6.81. The fraction of sp³-hybridized carbons (Fsp3) is 0.455. The molecule has 0 saturated carbocycles. The topological polar surface area (TPSA) is 32.3 Å². The molecule has 0 spiro atoms. The van der Waals surface area contributed by atoms with E-state index in [1.165, 1.54) is 4.90 Å². The molecule has 2 nitrogen and oxygen atoms in total. The van der Waals surface area contributed by atoms with Crippen LogP contribution >= 0.6 is 11.8 Å². The van der Waals surface area contributed by atoms with E-state index in [9.17, 15) is 5.11 Å². The predicted molar refractivity (Wildman–Crippen MR) is 60.1 cm³/mol. The quantitative estimate of drug-likeness (QED) is 0.732. The normalized spacial score (nSPS) is 21.4. The first-order valence-corrected chi connectivity index (χ1v) is 6.11. The molecule has 0 radical (unpaired) electrons. The molecule has 1 atom stereocenters. The summed E-state index contributed by atoms with van der Waals surface area (Å²) in [5.74, 6) is 0.929. The van der Waals surface area contributed by atoms with Crippen molar-refractivity contribution < 1.29 is 5.11 Å². The number of hydrogen-bond acceptors (Lipinski definition) is 3. The Bertz CT molecular complexity index is 321. The van der Waals surface area contributed by atoms with Gasteiger partial charge in [-0.1, -0.05) is 0 Å². The van der Waals surface area contributed by atoms with Gasteiger partial charge >= 0.3 is 0 Å². The summed E-state index contributed by atoms with van der Waals surface area (Å²) in [7, 11) is 0. The molecule has 3 heteroatoms. The maximum absolute atomic E-state index is 9.75. The zero-order valence-electron chi connectivity index (χ0n) is 8.29. The van der Waals surface area contributed by atoms with E-state index in [4.69, 9.17) is 0 Å². The van der Waals surface area contributed by atoms with E-state index in [0.717, 1.165) is 25.1 Å². The van der Waals surface area contributed by atoms with Gasteiger partial charge in [0.1, 0.15) is 5.75 Å². The highest BCUT2D eigenvalue weighted by Crippen LogP contribution is 2.32. The van der Waals surface area contributed by atoms with E-state index in [0.29, 0.717) is 11.7 Å². The molecule has 0 aromatic heterocycles. The van der Waals surface area contributed by atoms with Crippen molar-refractivity contribution in [2.45, 2.75) is 17.2 Å². The summed E-state index contributed by atoms with van der Waals surface area (Å²) >= 11 is 1.72. The molecule has 1 aliphatic rings. The Hall–Kier alpha value is -0.670. The Morgan fingerprint density at radius 1 is 1.50 bits per heavy atom. The number of phenols is 1. The van der Waals surface area contributed by atoms with E-state index in [2.05, 4.69) is 17.6 Å². The number of rotatable bonds is 2. The lowest BCUT2D eigenvalue weighted by Crippen LogP contribution is -2.08. The van der Waals surface area contributed by atoms with Crippen LogP contribution in [0.25, 0.3) is 0 Å². The summed E-state index contributed by atoms with van der Waals surface area (Å²) in [5.41, 5.74) is 1.10. The Morgan fingerprint density at radius 2 is 2.36 bits per heavy atom. The molecule has 14 heavy (non-hydrogen) atoms. The van der Waals surface area contributed by atoms with Gasteiger partial charge in [0.25, 0.3) is 0 Å². The van der Waals surface area contributed by atoms with Gasteiger partial charge in [0, 0.05) is 17.4 Å². The lowest BCUT2D eigenvalue weighted by atomic mass is 9.97. The minimum atomic E-state index is 0.441. The predicted octanol–water partition coefficient (Wildman–Crippen LogP) is 2.19. The van der Waals surface area contributed by atoms with E-state index >= 15 is 0 Å². The lowest BCUT2D eigenvalue weighted by Gasteiger charge is -2.12. The molecule has 1 fully saturated rings. The third-order valence-corrected chi connectivity index (χ3v) is 3.46. The van der Waals surface area contributed by atoms with E-state index in [1.807, 2.05) is 6.07 Å². The molecule has 0 amide bonds. The van der Waals surface area contributed by atoms with Crippen molar-refractivity contribution in [1.82, 2.24) is 5.32 Å². The van der Waals surface area contributed by atoms with Gasteiger partial charge in [-0.3, -0.25) is 0 Å². The van der Waals surface area contributed by atoms with Gasteiger partial charge in [-0.05, 0) is 43.0 Å². The van der Waals surface area contributed by atoms with Crippen LogP contribution in [0.2, 0.25) is 0 Å². The number of hydrogen-bond donors (Lipinski definition) is 2. The maximum atomic E-state index is 9.75. The van der Waals surface area contributed by atoms with Crippen LogP contribution in [-0.4, -0.2) is 24.5 Å². The summed E-state index contributed by atoms with van der Waals surface area (Å²) in [6.45, 7) is 2.05. The van der Waals surface area contributed by atoms with Crippen LogP contribution in [-0.2, 0) is 0 Å². The standard InChI is InChI=1S/C11H15NOS/c1-14-9-2-3-11(13)10(6-9)8-4-5-12-7-8/h2-3,6,8,12-13H,4-5,7H2,1H3/t8-/m0/s1. The van der Waals surface area contributed by atoms with E-state index < -0.39 is 0 Å². The lowest BCUT2D eigenvalue weighted by molar-refractivity contribution is 0.462. The molecule has 2 N–H and O–H groups in total. The number of phenolic OH excluding ortho intramolecular Hbond substituents is 1. The van der Waals surface area contributed by atoms with E-state index in [-0.39, 0.29) is 0 Å². The van der Waals surface area contributed by atoms with Crippen molar-refractivity contribution in [2.75, 3.05) is 19.3 Å². The van der Waals surface area contributed by atoms with Crippen molar-refractivity contribution >= 4 is 11.8 Å². The number of nitrogens with one attached hydrogen (secondary N) is 1. The van der Waals surface area contributed by atoms with Crippen LogP contribution in [0.5, 0.6) is 5.75 Å². The third-order valence-electron chi connectivity index (χ3n) is 2.73. The van der Waals surface area contributed by atoms with Gasteiger partial charge in [-0.2, -0.15) is 0 Å². The van der Waals surface area contributed by atoms with Gasteiger partial charge in [-0.15, -0.1) is 11.8 Å². The molecule has 1 aromatic carbocycles. The zero-order chi connectivity index (χ0) is 9.97. The van der Waals surface area contributed by atoms with Crippen LogP contribution < -0.4 is 5.32 Å². The highest BCUT2D eigenvalue weighted by Gasteiger charge is 2.19. The van der Waals surface area contributed by atoms with Crippen molar-refractivity contribution in [3.8, 4) is 5.75 Å². The fourth-order valence-corrected chi connectivity index (χ4v) is 2.36. The molecule has 0 aliphatic carbocycles. The average Bonchev–Trinajstić information content (AvgIpc) is 2.71. The Kier molecular flexibility index (Phi) is 2.99. The van der Waals surface area contributed by atoms with Gasteiger partial charge in [-0.25, -0.2) is 0 Å². The molecule has 1 aliphatic heterocycles. The first kappa shape index (κ1) is 9.87. The van der Waals surface area contributed by atoms with Crippen molar-refractivity contribution in [2.24, 2.45) is 0 Å². The largest absolute Gasteiger partial charge is 0.508 e. The Morgan fingerprint density at radius 3 is 3.00 bits per heavy atom. The Labute approximate surface area is 88.7 Å². The highest BCUT2D eigenvalue weighted by molar-refractivity contribution is 7.98. The monoisotopic (exact) mass is 209 g/mol. The van der Waals surface area contributed by atoms with Crippen LogP contribution in [0.3, 0.4) is 0 Å². The zero-order valence-corrected chi connectivity index (χ0v) is 9.10. The molecular formula is C11H15NOS. The number of thioether (sulfide) groups is 1. The second-order valence-electron chi connectivity index (χ2n) is 3.61. The smallest absolute Gasteiger partial charge is 0.119 e. The number of aromatic hydroxyl groups is 1. The Balaban J connectivity index is 2.29. The minimum absolute atomic E-state index is 0.441. The molecular weight excluding hydrogens is 194 g/mol. The van der Waals surface area contributed by atoms with Crippen LogP contribution in [0.1, 0.15) is 17.9 Å². The average molecular weight is 209 g/mol. The van der Waals surface area contributed by atoms with Crippen LogP contribution in [0, 0.1) is 0 Å². The van der Waals surface area contributed by atoms with Crippen molar-refractivity contribution in [1.29, 1.82) is 0 Å². The van der Waals surface area contributed by atoms with Crippen molar-refractivity contribution in [3.05, 3.63) is 23.8 Å². The number of benzene rings is 1. The van der Waals surface area contributed by atoms with Crippen LogP contribution in [0.15, 0.2) is 23.1 Å². The third kappa shape index (κ3) is 1.88.